The summed E-state index contributed by atoms with van der Waals surface area (Å²) in [4.78, 5) is 6.96. The number of hydrogen-bond donors (Lipinski definition) is 2. The van der Waals surface area contributed by atoms with Gasteiger partial charge < -0.3 is 20.1 Å². The van der Waals surface area contributed by atoms with E-state index in [0.717, 1.165) is 51.6 Å². The van der Waals surface area contributed by atoms with Crippen LogP contribution < -0.4 is 10.6 Å². The van der Waals surface area contributed by atoms with Crippen LogP contribution in [0.5, 0.6) is 0 Å². The van der Waals surface area contributed by atoms with Gasteiger partial charge in [0.1, 0.15) is 0 Å². The number of aliphatic imine (C=N–C) groups is 1. The van der Waals surface area contributed by atoms with Crippen molar-refractivity contribution in [3.8, 4) is 0 Å². The summed E-state index contributed by atoms with van der Waals surface area (Å²) in [6.45, 7) is 12.1. The summed E-state index contributed by atoms with van der Waals surface area (Å²) in [6, 6.07) is 9.63. The Bertz CT molecular complexity index is 664. The topological polar surface area (TPSA) is 58.1 Å². The average molecular weight is 530 g/mol. The van der Waals surface area contributed by atoms with E-state index in [-0.39, 0.29) is 24.0 Å². The minimum absolute atomic E-state index is 0. The Morgan fingerprint density at radius 2 is 1.97 bits per heavy atom. The first-order valence-corrected chi connectivity index (χ1v) is 11.0. The first-order valence-electron chi connectivity index (χ1n) is 11.0. The fourth-order valence-electron chi connectivity index (χ4n) is 4.06. The normalized spacial score (nSPS) is 23.4. The van der Waals surface area contributed by atoms with E-state index in [1.165, 1.54) is 11.1 Å². The molecule has 1 aromatic carbocycles. The molecule has 6 nitrogen and oxygen atoms in total. The van der Waals surface area contributed by atoms with Crippen molar-refractivity contribution >= 4 is 29.9 Å². The molecule has 3 rings (SSSR count). The summed E-state index contributed by atoms with van der Waals surface area (Å²) < 4.78 is 11.5. The van der Waals surface area contributed by atoms with Crippen LogP contribution in [-0.2, 0) is 22.6 Å². The van der Waals surface area contributed by atoms with Crippen LogP contribution in [0.1, 0.15) is 44.7 Å². The van der Waals surface area contributed by atoms with Crippen LogP contribution in [0.4, 0.5) is 0 Å². The first kappa shape index (κ1) is 25.4. The Balaban J connectivity index is 0.00000320. The molecule has 0 aliphatic carbocycles. The zero-order chi connectivity index (χ0) is 20.6. The third-order valence-electron chi connectivity index (χ3n) is 6.02. The molecule has 7 heteroatoms. The molecule has 2 aliphatic heterocycles. The Morgan fingerprint density at radius 3 is 2.63 bits per heavy atom. The minimum Gasteiger partial charge on any atom is -0.381 e. The molecular weight excluding hydrogens is 491 g/mol. The Hall–Kier alpha value is -0.900. The van der Waals surface area contributed by atoms with Gasteiger partial charge in [-0.1, -0.05) is 31.2 Å². The van der Waals surface area contributed by atoms with Crippen molar-refractivity contribution in [1.29, 1.82) is 0 Å². The number of likely N-dealkylation sites (tertiary alicyclic amines) is 1. The highest BCUT2D eigenvalue weighted by Crippen LogP contribution is 2.18. The number of nitrogens with zero attached hydrogens (tertiary/aromatic N) is 2. The van der Waals surface area contributed by atoms with Crippen molar-refractivity contribution in [2.45, 2.75) is 65.0 Å². The van der Waals surface area contributed by atoms with E-state index in [4.69, 9.17) is 9.47 Å². The van der Waals surface area contributed by atoms with Gasteiger partial charge in [-0.25, -0.2) is 0 Å². The van der Waals surface area contributed by atoms with E-state index in [1.807, 2.05) is 7.05 Å². The largest absolute Gasteiger partial charge is 0.381 e. The number of guanidine groups is 1. The van der Waals surface area contributed by atoms with Crippen molar-refractivity contribution in [2.24, 2.45) is 10.9 Å². The van der Waals surface area contributed by atoms with Crippen LogP contribution in [0.2, 0.25) is 0 Å². The predicted molar refractivity (Wildman–Crippen MR) is 133 cm³/mol. The van der Waals surface area contributed by atoms with Gasteiger partial charge in [0.2, 0.25) is 0 Å². The molecule has 0 aromatic heterocycles. The van der Waals surface area contributed by atoms with Gasteiger partial charge in [0.15, 0.2) is 5.96 Å². The Kier molecular flexibility index (Phi) is 10.8. The zero-order valence-electron chi connectivity index (χ0n) is 18.9. The summed E-state index contributed by atoms with van der Waals surface area (Å²) in [5, 5.41) is 7.09. The molecule has 2 N–H and O–H groups in total. The third kappa shape index (κ3) is 7.66. The van der Waals surface area contributed by atoms with Crippen LogP contribution in [0.3, 0.4) is 0 Å². The van der Waals surface area contributed by atoms with E-state index >= 15 is 0 Å². The number of halogens is 1. The quantitative estimate of drug-likeness (QED) is 0.322. The molecule has 2 unspecified atom stereocenters. The van der Waals surface area contributed by atoms with E-state index in [9.17, 15) is 0 Å². The van der Waals surface area contributed by atoms with Gasteiger partial charge in [0.25, 0.3) is 0 Å². The molecule has 30 heavy (non-hydrogen) atoms. The van der Waals surface area contributed by atoms with Gasteiger partial charge in [0.05, 0.1) is 12.7 Å². The highest BCUT2D eigenvalue weighted by Gasteiger charge is 2.31. The van der Waals surface area contributed by atoms with Gasteiger partial charge in [-0.3, -0.25) is 9.89 Å². The van der Waals surface area contributed by atoms with Crippen LogP contribution in [0.15, 0.2) is 29.3 Å². The van der Waals surface area contributed by atoms with Gasteiger partial charge in [0, 0.05) is 52.0 Å². The van der Waals surface area contributed by atoms with Crippen molar-refractivity contribution < 1.29 is 9.47 Å². The van der Waals surface area contributed by atoms with Crippen molar-refractivity contribution in [3.63, 3.8) is 0 Å². The van der Waals surface area contributed by atoms with Crippen LogP contribution in [0.25, 0.3) is 0 Å². The minimum atomic E-state index is 0. The highest BCUT2D eigenvalue weighted by atomic mass is 127. The van der Waals surface area contributed by atoms with Crippen molar-refractivity contribution in [2.75, 3.05) is 33.4 Å². The van der Waals surface area contributed by atoms with Gasteiger partial charge in [-0.15, -0.1) is 24.0 Å². The van der Waals surface area contributed by atoms with E-state index < -0.39 is 0 Å². The van der Waals surface area contributed by atoms with Crippen molar-refractivity contribution in [3.05, 3.63) is 35.4 Å². The van der Waals surface area contributed by atoms with E-state index in [2.05, 4.69) is 65.6 Å². The van der Waals surface area contributed by atoms with Gasteiger partial charge in [-0.05, 0) is 43.7 Å². The molecule has 2 fully saturated rings. The number of hydrogen-bond acceptors (Lipinski definition) is 4. The average Bonchev–Trinajstić information content (AvgIpc) is 3.11. The maximum Gasteiger partial charge on any atom is 0.191 e. The number of rotatable bonds is 7. The Labute approximate surface area is 199 Å². The lowest BCUT2D eigenvalue weighted by molar-refractivity contribution is -0.0390. The van der Waals surface area contributed by atoms with Crippen molar-refractivity contribution in [1.82, 2.24) is 15.5 Å². The number of nitrogens with one attached hydrogen (secondary N) is 2. The summed E-state index contributed by atoms with van der Waals surface area (Å²) in [5.41, 5.74) is 2.46. The molecule has 0 bridgehead atoms. The lowest BCUT2D eigenvalue weighted by Crippen LogP contribution is -2.46. The number of benzene rings is 1. The lowest BCUT2D eigenvalue weighted by atomic mass is 10.1. The maximum absolute atomic E-state index is 6.06. The van der Waals surface area contributed by atoms with Crippen LogP contribution >= 0.6 is 24.0 Å². The summed E-state index contributed by atoms with van der Waals surface area (Å²) in [6.07, 6.45) is 2.32. The van der Waals surface area contributed by atoms with Gasteiger partial charge in [-0.2, -0.15) is 0 Å². The molecule has 0 amide bonds. The monoisotopic (exact) mass is 530 g/mol. The zero-order valence-corrected chi connectivity index (χ0v) is 21.2. The van der Waals surface area contributed by atoms with E-state index in [1.54, 1.807) is 0 Å². The Morgan fingerprint density at radius 1 is 1.23 bits per heavy atom. The summed E-state index contributed by atoms with van der Waals surface area (Å²) in [5.74, 6) is 1.48. The second-order valence-electron chi connectivity index (χ2n) is 8.64. The molecule has 1 aromatic rings. The maximum atomic E-state index is 6.06. The van der Waals surface area contributed by atoms with E-state index in [0.29, 0.717) is 30.7 Å². The molecule has 170 valence electrons. The molecule has 0 saturated carbocycles. The molecule has 2 heterocycles. The fourth-order valence-corrected chi connectivity index (χ4v) is 4.06. The predicted octanol–water partition coefficient (Wildman–Crippen LogP) is 3.39. The second kappa shape index (κ2) is 12.8. The smallest absolute Gasteiger partial charge is 0.191 e. The summed E-state index contributed by atoms with van der Waals surface area (Å²) in [7, 11) is 1.84. The highest BCUT2D eigenvalue weighted by molar-refractivity contribution is 14.0. The molecule has 0 radical (unpaired) electrons. The van der Waals surface area contributed by atoms with Gasteiger partial charge >= 0.3 is 0 Å². The molecule has 0 spiro atoms. The molecule has 2 atom stereocenters. The SMILES string of the molecule is CN=C(NCc1cccc(COC2CCOCC2)c1)NC1CN(C(C)C)CC1C.I. The number of ether oxygens (including phenoxy) is 2. The molecular formula is C23H39IN4O2. The van der Waals surface area contributed by atoms with Crippen LogP contribution in [-0.4, -0.2) is 62.4 Å². The third-order valence-corrected chi connectivity index (χ3v) is 6.02. The fraction of sp³-hybridized carbons (Fsp3) is 0.696. The standard InChI is InChI=1S/C23H38N4O2.HI/c1-17(2)27-14-18(3)22(15-27)26-23(24-4)25-13-19-6-5-7-20(12-19)16-29-21-8-10-28-11-9-21;/h5-7,12,17-18,21-22H,8-11,13-16H2,1-4H3,(H2,24,25,26);1H. The van der Waals surface area contributed by atoms with Crippen LogP contribution in [0, 0.1) is 5.92 Å². The summed E-state index contributed by atoms with van der Waals surface area (Å²) >= 11 is 0. The lowest BCUT2D eigenvalue weighted by Gasteiger charge is -2.22. The first-order chi connectivity index (χ1) is 14.0. The second-order valence-corrected chi connectivity index (χ2v) is 8.64. The molecule has 2 saturated heterocycles. The molecule has 2 aliphatic rings.